The number of nitrogens with zero attached hydrogens (tertiary/aromatic N) is 1. The molecule has 0 unspecified atom stereocenters. The molecular weight excluding hydrogens is 315 g/mol. The third-order valence-electron chi connectivity index (χ3n) is 2.03. The highest BCUT2D eigenvalue weighted by Crippen LogP contribution is 2.30. The van der Waals surface area contributed by atoms with Gasteiger partial charge in [0.05, 0.1) is 0 Å². The first-order valence-corrected chi connectivity index (χ1v) is 6.38. The Hall–Kier alpha value is -0.650. The molecule has 0 spiro atoms. The van der Waals surface area contributed by atoms with Gasteiger partial charge in [-0.2, -0.15) is 0 Å². The highest BCUT2D eigenvalue weighted by atomic mass is 79.9. The third kappa shape index (κ3) is 2.53. The minimum absolute atomic E-state index is 0.357. The van der Waals surface area contributed by atoms with Gasteiger partial charge in [0.1, 0.15) is 5.82 Å². The van der Waals surface area contributed by atoms with E-state index in [1.807, 2.05) is 0 Å². The zero-order valence-electron chi connectivity index (χ0n) is 8.01. The molecule has 1 aromatic heterocycles. The van der Waals surface area contributed by atoms with Crippen molar-refractivity contribution in [2.24, 2.45) is 0 Å². The number of aromatic nitrogens is 1. The average Bonchev–Trinajstić information content (AvgIpc) is 2.58. The van der Waals surface area contributed by atoms with Crippen LogP contribution in [0.3, 0.4) is 0 Å². The van der Waals surface area contributed by atoms with Crippen LogP contribution in [0, 0.1) is 5.82 Å². The highest BCUT2D eigenvalue weighted by molar-refractivity contribution is 9.10. The lowest BCUT2D eigenvalue weighted by Gasteiger charge is -2.05. The molecule has 2 aromatic rings. The number of hydrogen-bond donors (Lipinski definition) is 1. The van der Waals surface area contributed by atoms with Crippen LogP contribution in [0.2, 0.25) is 5.02 Å². The van der Waals surface area contributed by atoms with Gasteiger partial charge in [-0.25, -0.2) is 9.37 Å². The smallest absolute Gasteiger partial charge is 0.180 e. The molecule has 2 N–H and O–H groups in total. The molecule has 0 aliphatic carbocycles. The number of thiazole rings is 1. The van der Waals surface area contributed by atoms with E-state index >= 15 is 0 Å². The van der Waals surface area contributed by atoms with Crippen LogP contribution < -0.4 is 5.73 Å². The lowest BCUT2D eigenvalue weighted by molar-refractivity contribution is 0.626. The molecule has 0 atom stereocenters. The molecule has 16 heavy (non-hydrogen) atoms. The van der Waals surface area contributed by atoms with Gasteiger partial charge in [0.25, 0.3) is 0 Å². The molecule has 2 rings (SSSR count). The molecule has 0 fully saturated rings. The predicted molar refractivity (Wildman–Crippen MR) is 68.4 cm³/mol. The number of nitrogen functional groups attached to an aromatic ring is 1. The summed E-state index contributed by atoms with van der Waals surface area (Å²) in [4.78, 5) is 4.95. The summed E-state index contributed by atoms with van der Waals surface area (Å²) >= 11 is 10.7. The molecule has 0 amide bonds. The molecular formula is C10H7BrClFN2S. The van der Waals surface area contributed by atoms with Crippen molar-refractivity contribution in [2.75, 3.05) is 5.73 Å². The Labute approximate surface area is 109 Å². The summed E-state index contributed by atoms with van der Waals surface area (Å²) in [5.74, 6) is -0.357. The van der Waals surface area contributed by atoms with Gasteiger partial charge in [0.15, 0.2) is 5.13 Å². The van der Waals surface area contributed by atoms with E-state index in [-0.39, 0.29) is 5.82 Å². The standard InChI is InChI=1S/C10H7BrClFN2S/c11-8-1-5(13)2-9(12)7(8)3-6-4-15-10(14)16-6/h1-2,4H,3H2,(H2,14,15). The quantitative estimate of drug-likeness (QED) is 0.912. The second-order valence-electron chi connectivity index (χ2n) is 3.19. The SMILES string of the molecule is Nc1ncc(Cc2c(Cl)cc(F)cc2Br)s1. The maximum Gasteiger partial charge on any atom is 0.180 e. The fraction of sp³-hybridized carbons (Fsp3) is 0.100. The first kappa shape index (κ1) is 11.8. The van der Waals surface area contributed by atoms with Crippen LogP contribution in [-0.4, -0.2) is 4.98 Å². The largest absolute Gasteiger partial charge is 0.375 e. The molecule has 1 heterocycles. The number of rotatable bonds is 2. The van der Waals surface area contributed by atoms with E-state index < -0.39 is 0 Å². The molecule has 2 nitrogen and oxygen atoms in total. The Balaban J connectivity index is 2.34. The number of anilines is 1. The van der Waals surface area contributed by atoms with Crippen LogP contribution in [0.5, 0.6) is 0 Å². The normalized spacial score (nSPS) is 10.7. The summed E-state index contributed by atoms with van der Waals surface area (Å²) in [7, 11) is 0. The van der Waals surface area contributed by atoms with Gasteiger partial charge in [0.2, 0.25) is 0 Å². The van der Waals surface area contributed by atoms with E-state index in [0.717, 1.165) is 10.4 Å². The maximum atomic E-state index is 13.0. The first-order valence-electron chi connectivity index (χ1n) is 4.40. The molecule has 0 radical (unpaired) electrons. The summed E-state index contributed by atoms with van der Waals surface area (Å²) in [6.07, 6.45) is 2.29. The van der Waals surface area contributed by atoms with Crippen molar-refractivity contribution in [3.63, 3.8) is 0 Å². The topological polar surface area (TPSA) is 38.9 Å². The second-order valence-corrected chi connectivity index (χ2v) is 5.60. The third-order valence-corrected chi connectivity index (χ3v) is 3.90. The monoisotopic (exact) mass is 320 g/mol. The average molecular weight is 322 g/mol. The van der Waals surface area contributed by atoms with E-state index in [9.17, 15) is 4.39 Å². The van der Waals surface area contributed by atoms with Crippen molar-refractivity contribution < 1.29 is 4.39 Å². The number of halogens is 3. The van der Waals surface area contributed by atoms with Crippen LogP contribution in [0.15, 0.2) is 22.8 Å². The zero-order valence-corrected chi connectivity index (χ0v) is 11.2. The molecule has 0 saturated carbocycles. The van der Waals surface area contributed by atoms with Crippen molar-refractivity contribution in [2.45, 2.75) is 6.42 Å². The van der Waals surface area contributed by atoms with Crippen molar-refractivity contribution >= 4 is 44.0 Å². The first-order chi connectivity index (χ1) is 7.56. The van der Waals surface area contributed by atoms with Gasteiger partial charge < -0.3 is 5.73 Å². The predicted octanol–water partition coefficient (Wildman–Crippen LogP) is 3.87. The number of nitrogens with two attached hydrogens (primary N) is 1. The molecule has 0 aliphatic rings. The summed E-state index contributed by atoms with van der Waals surface area (Å²) < 4.78 is 13.7. The summed E-state index contributed by atoms with van der Waals surface area (Å²) in [5.41, 5.74) is 6.37. The Morgan fingerprint density at radius 3 is 2.81 bits per heavy atom. The maximum absolute atomic E-state index is 13.0. The van der Waals surface area contributed by atoms with E-state index in [1.165, 1.54) is 23.5 Å². The van der Waals surface area contributed by atoms with Crippen LogP contribution in [0.4, 0.5) is 9.52 Å². The van der Waals surface area contributed by atoms with E-state index in [4.69, 9.17) is 17.3 Å². The molecule has 0 aliphatic heterocycles. The fourth-order valence-electron chi connectivity index (χ4n) is 1.32. The second kappa shape index (κ2) is 4.69. The summed E-state index contributed by atoms with van der Waals surface area (Å²) in [5, 5.41) is 0.920. The van der Waals surface area contributed by atoms with Crippen molar-refractivity contribution in [3.05, 3.63) is 44.1 Å². The summed E-state index contributed by atoms with van der Waals surface area (Å²) in [6.45, 7) is 0. The molecule has 84 valence electrons. The Bertz CT molecular complexity index is 506. The van der Waals surface area contributed by atoms with Crippen LogP contribution in [0.25, 0.3) is 0 Å². The lowest BCUT2D eigenvalue weighted by Crippen LogP contribution is -1.90. The lowest BCUT2D eigenvalue weighted by atomic mass is 10.1. The molecule has 6 heteroatoms. The zero-order chi connectivity index (χ0) is 11.7. The molecule has 0 bridgehead atoms. The van der Waals surface area contributed by atoms with Crippen molar-refractivity contribution in [1.82, 2.24) is 4.98 Å². The highest BCUT2D eigenvalue weighted by Gasteiger charge is 2.10. The van der Waals surface area contributed by atoms with E-state index in [0.29, 0.717) is 21.0 Å². The van der Waals surface area contributed by atoms with E-state index in [1.54, 1.807) is 6.20 Å². The van der Waals surface area contributed by atoms with Crippen LogP contribution in [-0.2, 0) is 6.42 Å². The Morgan fingerprint density at radius 1 is 1.50 bits per heavy atom. The van der Waals surface area contributed by atoms with Gasteiger partial charge in [-0.05, 0) is 17.7 Å². The van der Waals surface area contributed by atoms with Crippen LogP contribution >= 0.6 is 38.9 Å². The van der Waals surface area contributed by atoms with Crippen molar-refractivity contribution in [3.8, 4) is 0 Å². The minimum atomic E-state index is -0.357. The number of benzene rings is 1. The molecule has 1 aromatic carbocycles. The van der Waals surface area contributed by atoms with Gasteiger partial charge in [-0.1, -0.05) is 27.5 Å². The van der Waals surface area contributed by atoms with Gasteiger partial charge in [0, 0.05) is 27.0 Å². The Morgan fingerprint density at radius 2 is 2.25 bits per heavy atom. The van der Waals surface area contributed by atoms with Crippen LogP contribution in [0.1, 0.15) is 10.4 Å². The van der Waals surface area contributed by atoms with Crippen molar-refractivity contribution in [1.29, 1.82) is 0 Å². The number of hydrogen-bond acceptors (Lipinski definition) is 3. The minimum Gasteiger partial charge on any atom is -0.375 e. The fourth-order valence-corrected chi connectivity index (χ4v) is 2.97. The van der Waals surface area contributed by atoms with E-state index in [2.05, 4.69) is 20.9 Å². The summed E-state index contributed by atoms with van der Waals surface area (Å²) in [6, 6.07) is 2.69. The van der Waals surface area contributed by atoms with Gasteiger partial charge in [-0.3, -0.25) is 0 Å². The van der Waals surface area contributed by atoms with Gasteiger partial charge >= 0.3 is 0 Å². The Kier molecular flexibility index (Phi) is 3.47. The van der Waals surface area contributed by atoms with Gasteiger partial charge in [-0.15, -0.1) is 11.3 Å². The molecule has 0 saturated heterocycles.